The van der Waals surface area contributed by atoms with Gasteiger partial charge in [0.15, 0.2) is 5.13 Å². The highest BCUT2D eigenvalue weighted by Crippen LogP contribution is 2.27. The van der Waals surface area contributed by atoms with E-state index in [4.69, 9.17) is 0 Å². The quantitative estimate of drug-likeness (QED) is 0.845. The van der Waals surface area contributed by atoms with Gasteiger partial charge in [0.2, 0.25) is 10.0 Å². The van der Waals surface area contributed by atoms with Crippen molar-refractivity contribution in [1.29, 1.82) is 0 Å². The van der Waals surface area contributed by atoms with Crippen LogP contribution >= 0.6 is 11.3 Å². The molecule has 0 amide bonds. The van der Waals surface area contributed by atoms with Crippen molar-refractivity contribution in [3.8, 4) is 0 Å². The van der Waals surface area contributed by atoms with Crippen LogP contribution in [-0.2, 0) is 15.8 Å². The summed E-state index contributed by atoms with van der Waals surface area (Å²) in [5.74, 6) is -1.97. The first kappa shape index (κ1) is 17.2. The normalized spacial score (nSPS) is 18.2. The molecule has 0 spiro atoms. The van der Waals surface area contributed by atoms with Crippen LogP contribution in [0.15, 0.2) is 29.8 Å². The number of thiazole rings is 1. The van der Waals surface area contributed by atoms with Gasteiger partial charge in [0, 0.05) is 36.3 Å². The van der Waals surface area contributed by atoms with Gasteiger partial charge in [-0.15, -0.1) is 11.3 Å². The highest BCUT2D eigenvalue weighted by atomic mass is 32.2. The van der Waals surface area contributed by atoms with Crippen LogP contribution in [0.2, 0.25) is 0 Å². The monoisotopic (exact) mass is 373 g/mol. The third kappa shape index (κ3) is 4.08. The summed E-state index contributed by atoms with van der Waals surface area (Å²) in [6.07, 6.45) is 3.53. The Kier molecular flexibility index (Phi) is 5.12. The lowest BCUT2D eigenvalue weighted by Crippen LogP contribution is -2.40. The first-order chi connectivity index (χ1) is 11.4. The molecule has 1 atom stereocenters. The molecular weight excluding hydrogens is 356 g/mol. The van der Waals surface area contributed by atoms with Crippen molar-refractivity contribution in [2.24, 2.45) is 0 Å². The lowest BCUT2D eigenvalue weighted by atomic mass is 10.2. The number of rotatable bonds is 6. The Morgan fingerprint density at radius 2 is 2.21 bits per heavy atom. The fraction of sp³-hybridized carbons (Fsp3) is 0.400. The summed E-state index contributed by atoms with van der Waals surface area (Å²) < 4.78 is 53.7. The van der Waals surface area contributed by atoms with Gasteiger partial charge >= 0.3 is 0 Å². The molecule has 9 heteroatoms. The molecular formula is C15H17F2N3O2S2. The van der Waals surface area contributed by atoms with Gasteiger partial charge in [-0.25, -0.2) is 26.9 Å². The van der Waals surface area contributed by atoms with E-state index in [0.717, 1.165) is 42.7 Å². The van der Waals surface area contributed by atoms with E-state index >= 15 is 0 Å². The number of hydrogen-bond donors (Lipinski definition) is 1. The minimum absolute atomic E-state index is 0.0169. The molecule has 0 bridgehead atoms. The molecule has 1 aromatic heterocycles. The van der Waals surface area contributed by atoms with Crippen molar-refractivity contribution in [3.05, 3.63) is 47.0 Å². The van der Waals surface area contributed by atoms with Gasteiger partial charge < -0.3 is 4.90 Å². The number of halogens is 2. The molecule has 1 aromatic carbocycles. The van der Waals surface area contributed by atoms with E-state index in [9.17, 15) is 17.2 Å². The largest absolute Gasteiger partial charge is 0.344 e. The molecule has 1 N–H and O–H groups in total. The third-order valence-corrected chi connectivity index (χ3v) is 6.04. The zero-order valence-electron chi connectivity index (χ0n) is 12.8. The third-order valence-electron chi connectivity index (χ3n) is 3.93. The van der Waals surface area contributed by atoms with Gasteiger partial charge in [-0.3, -0.25) is 0 Å². The van der Waals surface area contributed by atoms with Crippen LogP contribution < -0.4 is 9.62 Å². The summed E-state index contributed by atoms with van der Waals surface area (Å²) in [7, 11) is -3.75. The van der Waals surface area contributed by atoms with E-state index in [2.05, 4.69) is 14.6 Å². The zero-order valence-corrected chi connectivity index (χ0v) is 14.4. The van der Waals surface area contributed by atoms with Crippen LogP contribution in [0, 0.1) is 11.6 Å². The maximum atomic E-state index is 13.6. The first-order valence-electron chi connectivity index (χ1n) is 7.52. The fourth-order valence-corrected chi connectivity index (χ4v) is 4.71. The smallest absolute Gasteiger partial charge is 0.215 e. The molecule has 0 saturated carbocycles. The second kappa shape index (κ2) is 7.12. The predicted octanol–water partition coefficient (Wildman–Crippen LogP) is 2.51. The highest BCUT2D eigenvalue weighted by molar-refractivity contribution is 7.88. The molecule has 0 radical (unpaired) electrons. The van der Waals surface area contributed by atoms with Gasteiger partial charge in [0.25, 0.3) is 0 Å². The van der Waals surface area contributed by atoms with E-state index in [1.165, 1.54) is 11.3 Å². The molecule has 2 aromatic rings. The Hall–Kier alpha value is -1.58. The number of aromatic nitrogens is 1. The Labute approximate surface area is 143 Å². The summed E-state index contributed by atoms with van der Waals surface area (Å²) in [4.78, 5) is 6.34. The van der Waals surface area contributed by atoms with Crippen LogP contribution in [0.1, 0.15) is 18.4 Å². The minimum atomic E-state index is -3.75. The Bertz CT molecular complexity index is 797. The molecule has 5 nitrogen and oxygen atoms in total. The molecule has 1 aliphatic rings. The standard InChI is InChI=1S/C15H17F2N3O2S2/c16-12-3-4-14(17)11(8-12)10-24(21,22)19-9-13-2-1-6-20(13)15-18-5-7-23-15/h3-5,7-8,13,19H,1-2,6,9-10H2. The summed E-state index contributed by atoms with van der Waals surface area (Å²) in [6, 6.07) is 2.82. The number of hydrogen-bond acceptors (Lipinski definition) is 5. The van der Waals surface area contributed by atoms with Crippen molar-refractivity contribution in [1.82, 2.24) is 9.71 Å². The molecule has 1 unspecified atom stereocenters. The average molecular weight is 373 g/mol. The lowest BCUT2D eigenvalue weighted by Gasteiger charge is -2.24. The molecule has 1 aliphatic heterocycles. The van der Waals surface area contributed by atoms with Crippen LogP contribution in [0.4, 0.5) is 13.9 Å². The second-order valence-electron chi connectivity index (χ2n) is 5.65. The second-order valence-corrected chi connectivity index (χ2v) is 8.33. The Morgan fingerprint density at radius 1 is 1.38 bits per heavy atom. The topological polar surface area (TPSA) is 62.3 Å². The molecule has 1 saturated heterocycles. The van der Waals surface area contributed by atoms with Gasteiger partial charge in [-0.2, -0.15) is 0 Å². The molecule has 24 heavy (non-hydrogen) atoms. The summed E-state index contributed by atoms with van der Waals surface area (Å²) >= 11 is 1.51. The molecule has 0 aliphatic carbocycles. The predicted molar refractivity (Wildman–Crippen MR) is 89.5 cm³/mol. The summed E-state index contributed by atoms with van der Waals surface area (Å²) in [5.41, 5.74) is -0.175. The van der Waals surface area contributed by atoms with Crippen LogP contribution in [0.25, 0.3) is 0 Å². The van der Waals surface area contributed by atoms with E-state index in [1.807, 2.05) is 5.38 Å². The van der Waals surface area contributed by atoms with E-state index < -0.39 is 27.4 Å². The number of nitrogens with zero attached hydrogens (tertiary/aromatic N) is 2. The van der Waals surface area contributed by atoms with E-state index in [0.29, 0.717) is 0 Å². The SMILES string of the molecule is O=S(=O)(Cc1cc(F)ccc1F)NCC1CCCN1c1nccs1. The summed E-state index contributed by atoms with van der Waals surface area (Å²) in [6.45, 7) is 1.05. The lowest BCUT2D eigenvalue weighted by molar-refractivity contribution is 0.559. The Morgan fingerprint density at radius 3 is 2.96 bits per heavy atom. The summed E-state index contributed by atoms with van der Waals surface area (Å²) in [5, 5.41) is 2.74. The van der Waals surface area contributed by atoms with Crippen molar-refractivity contribution in [2.75, 3.05) is 18.0 Å². The molecule has 3 rings (SSSR count). The van der Waals surface area contributed by atoms with Crippen LogP contribution in [0.3, 0.4) is 0 Å². The van der Waals surface area contributed by atoms with E-state index in [-0.39, 0.29) is 18.2 Å². The van der Waals surface area contributed by atoms with Gasteiger partial charge in [0.05, 0.1) is 5.75 Å². The number of sulfonamides is 1. The van der Waals surface area contributed by atoms with Crippen LogP contribution in [-0.4, -0.2) is 32.5 Å². The first-order valence-corrected chi connectivity index (χ1v) is 10.1. The number of benzene rings is 1. The van der Waals surface area contributed by atoms with Crippen LogP contribution in [0.5, 0.6) is 0 Å². The molecule has 130 valence electrons. The number of anilines is 1. The van der Waals surface area contributed by atoms with Crippen molar-refractivity contribution >= 4 is 26.5 Å². The molecule has 1 fully saturated rings. The minimum Gasteiger partial charge on any atom is -0.344 e. The van der Waals surface area contributed by atoms with Gasteiger partial charge in [0.1, 0.15) is 11.6 Å². The van der Waals surface area contributed by atoms with E-state index in [1.54, 1.807) is 6.20 Å². The highest BCUT2D eigenvalue weighted by Gasteiger charge is 2.27. The van der Waals surface area contributed by atoms with Gasteiger partial charge in [-0.05, 0) is 31.0 Å². The molecule has 2 heterocycles. The van der Waals surface area contributed by atoms with Crippen molar-refractivity contribution in [2.45, 2.75) is 24.6 Å². The Balaban J connectivity index is 1.63. The zero-order chi connectivity index (χ0) is 17.2. The average Bonchev–Trinajstić information content (AvgIpc) is 3.19. The maximum Gasteiger partial charge on any atom is 0.215 e. The fourth-order valence-electron chi connectivity index (χ4n) is 2.79. The van der Waals surface area contributed by atoms with Gasteiger partial charge in [-0.1, -0.05) is 0 Å². The van der Waals surface area contributed by atoms with Crippen molar-refractivity contribution in [3.63, 3.8) is 0 Å². The maximum absolute atomic E-state index is 13.6. The number of nitrogens with one attached hydrogen (secondary N) is 1. The van der Waals surface area contributed by atoms with Crippen molar-refractivity contribution < 1.29 is 17.2 Å².